The molecular formula is C15H19F3N2O2. The maximum Gasteiger partial charge on any atom is 0.416 e. The van der Waals surface area contributed by atoms with Crippen molar-refractivity contribution in [3.63, 3.8) is 0 Å². The van der Waals surface area contributed by atoms with Crippen molar-refractivity contribution in [2.24, 2.45) is 5.41 Å². The zero-order valence-electron chi connectivity index (χ0n) is 12.7. The first-order valence-electron chi connectivity index (χ1n) is 6.86. The van der Waals surface area contributed by atoms with Gasteiger partial charge >= 0.3 is 6.18 Å². The van der Waals surface area contributed by atoms with E-state index in [1.54, 1.807) is 0 Å². The van der Waals surface area contributed by atoms with Crippen molar-refractivity contribution >= 4 is 17.5 Å². The standard InChI is InChI=1S/C15H19F3N2O2/c1-4-9-19-12(21)14(2,3)13(22)20-11-7-5-10(6-8-11)15(16,17)18/h5-8H,4,9H2,1-3H3,(H,19,21)(H,20,22). The van der Waals surface area contributed by atoms with Crippen LogP contribution in [-0.4, -0.2) is 18.4 Å². The lowest BCUT2D eigenvalue weighted by molar-refractivity contribution is -0.139. The average Bonchev–Trinajstić information content (AvgIpc) is 2.44. The van der Waals surface area contributed by atoms with E-state index in [0.717, 1.165) is 30.7 Å². The fourth-order valence-electron chi connectivity index (χ4n) is 1.59. The van der Waals surface area contributed by atoms with Crippen LogP contribution in [0.3, 0.4) is 0 Å². The van der Waals surface area contributed by atoms with E-state index in [1.165, 1.54) is 13.8 Å². The second-order valence-electron chi connectivity index (χ2n) is 5.41. The number of halogens is 3. The van der Waals surface area contributed by atoms with E-state index in [4.69, 9.17) is 0 Å². The Morgan fingerprint density at radius 2 is 1.59 bits per heavy atom. The van der Waals surface area contributed by atoms with E-state index in [-0.39, 0.29) is 5.69 Å². The molecule has 4 nitrogen and oxygen atoms in total. The summed E-state index contributed by atoms with van der Waals surface area (Å²) < 4.78 is 37.4. The Hall–Kier alpha value is -2.05. The highest BCUT2D eigenvalue weighted by Gasteiger charge is 2.36. The van der Waals surface area contributed by atoms with Crippen LogP contribution >= 0.6 is 0 Å². The van der Waals surface area contributed by atoms with Gasteiger partial charge in [0.1, 0.15) is 5.41 Å². The van der Waals surface area contributed by atoms with Crippen LogP contribution in [-0.2, 0) is 15.8 Å². The number of anilines is 1. The lowest BCUT2D eigenvalue weighted by Gasteiger charge is -2.22. The molecule has 1 aromatic rings. The van der Waals surface area contributed by atoms with Crippen LogP contribution < -0.4 is 10.6 Å². The molecule has 0 aliphatic rings. The Bertz CT molecular complexity index is 537. The fourth-order valence-corrected chi connectivity index (χ4v) is 1.59. The zero-order valence-corrected chi connectivity index (χ0v) is 12.7. The van der Waals surface area contributed by atoms with Gasteiger partial charge in [-0.3, -0.25) is 9.59 Å². The van der Waals surface area contributed by atoms with Crippen molar-refractivity contribution in [1.29, 1.82) is 0 Å². The van der Waals surface area contributed by atoms with Gasteiger partial charge in [0.15, 0.2) is 0 Å². The number of carbonyl (C=O) groups is 2. The van der Waals surface area contributed by atoms with Gasteiger partial charge in [-0.2, -0.15) is 13.2 Å². The van der Waals surface area contributed by atoms with Gasteiger partial charge in [-0.25, -0.2) is 0 Å². The summed E-state index contributed by atoms with van der Waals surface area (Å²) in [5, 5.41) is 5.07. The van der Waals surface area contributed by atoms with Crippen molar-refractivity contribution < 1.29 is 22.8 Å². The van der Waals surface area contributed by atoms with Crippen LogP contribution in [0.15, 0.2) is 24.3 Å². The minimum Gasteiger partial charge on any atom is -0.355 e. The highest BCUT2D eigenvalue weighted by atomic mass is 19.4. The van der Waals surface area contributed by atoms with E-state index in [2.05, 4.69) is 10.6 Å². The Labute approximate surface area is 127 Å². The van der Waals surface area contributed by atoms with Crippen molar-refractivity contribution in [2.45, 2.75) is 33.4 Å². The van der Waals surface area contributed by atoms with Crippen LogP contribution in [0, 0.1) is 5.41 Å². The highest BCUT2D eigenvalue weighted by Crippen LogP contribution is 2.30. The molecule has 0 saturated heterocycles. The van der Waals surface area contributed by atoms with E-state index in [1.807, 2.05) is 6.92 Å². The number of hydrogen-bond acceptors (Lipinski definition) is 2. The third-order valence-corrected chi connectivity index (χ3v) is 3.14. The molecule has 0 fully saturated rings. The zero-order chi connectivity index (χ0) is 17.0. The normalized spacial score (nSPS) is 11.9. The van der Waals surface area contributed by atoms with Gasteiger partial charge in [-0.1, -0.05) is 6.92 Å². The SMILES string of the molecule is CCCNC(=O)C(C)(C)C(=O)Nc1ccc(C(F)(F)F)cc1. The van der Waals surface area contributed by atoms with Crippen molar-refractivity contribution in [3.8, 4) is 0 Å². The molecule has 122 valence electrons. The molecule has 1 aromatic carbocycles. The van der Waals surface area contributed by atoms with E-state index in [0.29, 0.717) is 6.54 Å². The van der Waals surface area contributed by atoms with E-state index >= 15 is 0 Å². The Balaban J connectivity index is 2.77. The number of amides is 2. The molecule has 0 atom stereocenters. The molecule has 0 aliphatic heterocycles. The molecule has 22 heavy (non-hydrogen) atoms. The number of benzene rings is 1. The smallest absolute Gasteiger partial charge is 0.355 e. The predicted molar refractivity (Wildman–Crippen MR) is 77.2 cm³/mol. The van der Waals surface area contributed by atoms with Crippen molar-refractivity contribution in [2.75, 3.05) is 11.9 Å². The van der Waals surface area contributed by atoms with Gasteiger partial charge in [0, 0.05) is 12.2 Å². The predicted octanol–water partition coefficient (Wildman–Crippen LogP) is 3.20. The molecule has 0 radical (unpaired) electrons. The molecule has 2 N–H and O–H groups in total. The van der Waals surface area contributed by atoms with Gasteiger partial charge in [-0.15, -0.1) is 0 Å². The van der Waals surface area contributed by atoms with Gasteiger partial charge in [-0.05, 0) is 44.5 Å². The number of alkyl halides is 3. The summed E-state index contributed by atoms with van der Waals surface area (Å²) in [5.74, 6) is -1.01. The third kappa shape index (κ3) is 4.47. The molecule has 2 amide bonds. The van der Waals surface area contributed by atoms with Crippen LogP contribution in [0.2, 0.25) is 0 Å². The third-order valence-electron chi connectivity index (χ3n) is 3.14. The number of carbonyl (C=O) groups excluding carboxylic acids is 2. The second-order valence-corrected chi connectivity index (χ2v) is 5.41. The fraction of sp³-hybridized carbons (Fsp3) is 0.467. The molecule has 1 rings (SSSR count). The monoisotopic (exact) mass is 316 g/mol. The van der Waals surface area contributed by atoms with Crippen LogP contribution in [0.5, 0.6) is 0 Å². The maximum atomic E-state index is 12.5. The Morgan fingerprint density at radius 3 is 2.05 bits per heavy atom. The Morgan fingerprint density at radius 1 is 1.05 bits per heavy atom. The topological polar surface area (TPSA) is 58.2 Å². The van der Waals surface area contributed by atoms with Gasteiger partial charge in [0.25, 0.3) is 0 Å². The lowest BCUT2D eigenvalue weighted by Crippen LogP contribution is -2.45. The lowest BCUT2D eigenvalue weighted by atomic mass is 9.91. The van der Waals surface area contributed by atoms with E-state index < -0.39 is 29.0 Å². The highest BCUT2D eigenvalue weighted by molar-refractivity contribution is 6.09. The molecule has 0 aromatic heterocycles. The van der Waals surface area contributed by atoms with E-state index in [9.17, 15) is 22.8 Å². The van der Waals surface area contributed by atoms with Crippen molar-refractivity contribution in [3.05, 3.63) is 29.8 Å². The van der Waals surface area contributed by atoms with Crippen molar-refractivity contribution in [1.82, 2.24) is 5.32 Å². The first kappa shape index (κ1) is 18.0. The molecule has 0 aliphatic carbocycles. The maximum absolute atomic E-state index is 12.5. The molecule has 0 saturated carbocycles. The second kappa shape index (κ2) is 6.81. The molecule has 7 heteroatoms. The van der Waals surface area contributed by atoms with Gasteiger partial charge in [0.2, 0.25) is 11.8 Å². The summed E-state index contributed by atoms with van der Waals surface area (Å²) in [4.78, 5) is 24.0. The van der Waals surface area contributed by atoms with Crippen LogP contribution in [0.25, 0.3) is 0 Å². The minimum atomic E-state index is -4.43. The molecule has 0 spiro atoms. The first-order chi connectivity index (χ1) is 10.1. The minimum absolute atomic E-state index is 0.203. The molecular weight excluding hydrogens is 297 g/mol. The van der Waals surface area contributed by atoms with Crippen LogP contribution in [0.1, 0.15) is 32.8 Å². The molecule has 0 unspecified atom stereocenters. The summed E-state index contributed by atoms with van der Waals surface area (Å²) >= 11 is 0. The number of hydrogen-bond donors (Lipinski definition) is 2. The molecule has 0 heterocycles. The quantitative estimate of drug-likeness (QED) is 0.820. The average molecular weight is 316 g/mol. The number of rotatable bonds is 5. The van der Waals surface area contributed by atoms with Gasteiger partial charge < -0.3 is 10.6 Å². The summed E-state index contributed by atoms with van der Waals surface area (Å²) in [6.45, 7) is 5.25. The van der Waals surface area contributed by atoms with Crippen LogP contribution in [0.4, 0.5) is 18.9 Å². The molecule has 0 bridgehead atoms. The summed E-state index contributed by atoms with van der Waals surface area (Å²) in [7, 11) is 0. The summed E-state index contributed by atoms with van der Waals surface area (Å²) in [6, 6.07) is 4.06. The Kier molecular flexibility index (Phi) is 5.57. The first-order valence-corrected chi connectivity index (χ1v) is 6.86. The summed E-state index contributed by atoms with van der Waals surface area (Å²) in [6.07, 6.45) is -3.69. The number of nitrogens with one attached hydrogen (secondary N) is 2. The van der Waals surface area contributed by atoms with Gasteiger partial charge in [0.05, 0.1) is 5.56 Å². The largest absolute Gasteiger partial charge is 0.416 e. The summed E-state index contributed by atoms with van der Waals surface area (Å²) in [5.41, 5.74) is -1.92.